The molecule has 0 saturated heterocycles. The molecule has 2 N–H and O–H groups in total. The van der Waals surface area contributed by atoms with Crippen LogP contribution in [0.15, 0.2) is 97.1 Å². The average Bonchev–Trinajstić information content (AvgIpc) is 3.19. The molecule has 52 heavy (non-hydrogen) atoms. The third-order valence-electron chi connectivity index (χ3n) is 10.3. The van der Waals surface area contributed by atoms with Gasteiger partial charge in [-0.3, -0.25) is 0 Å². The van der Waals surface area contributed by atoms with Crippen LogP contribution in [0.25, 0.3) is 21.5 Å². The Labute approximate surface area is 308 Å². The van der Waals surface area contributed by atoms with E-state index in [9.17, 15) is 9.59 Å². The maximum absolute atomic E-state index is 13.1. The van der Waals surface area contributed by atoms with Crippen LogP contribution in [0.5, 0.6) is 11.5 Å². The molecule has 2 aliphatic rings. The number of esters is 2. The van der Waals surface area contributed by atoms with Crippen molar-refractivity contribution in [2.75, 3.05) is 26.3 Å². The van der Waals surface area contributed by atoms with Crippen molar-refractivity contribution in [2.24, 2.45) is 0 Å². The van der Waals surface area contributed by atoms with Crippen molar-refractivity contribution < 1.29 is 28.5 Å². The maximum Gasteiger partial charge on any atom is 0.331 e. The fraction of sp³-hybridized carbons (Fsp3) is 0.455. The van der Waals surface area contributed by atoms with Crippen molar-refractivity contribution in [3.05, 3.63) is 97.1 Å². The summed E-state index contributed by atoms with van der Waals surface area (Å²) in [7, 11) is 0. The number of carbonyl (C=O) groups is 2. The lowest BCUT2D eigenvalue weighted by Crippen LogP contribution is -2.35. The summed E-state index contributed by atoms with van der Waals surface area (Å²) in [6, 6.07) is 29.0. The SMILES string of the molecule is O=C(/C=C\C(=O)OC(CCNC1CCCCC1)COc1cccc2ccccc12)OC(CCNC1CCCCC1)COc1cccc2ccccc12. The van der Waals surface area contributed by atoms with Crippen LogP contribution in [0.4, 0.5) is 0 Å². The highest BCUT2D eigenvalue weighted by atomic mass is 16.6. The first-order valence-electron chi connectivity index (χ1n) is 19.4. The molecule has 0 spiro atoms. The summed E-state index contributed by atoms with van der Waals surface area (Å²) in [5, 5.41) is 11.5. The first kappa shape index (κ1) is 37.4. The van der Waals surface area contributed by atoms with Crippen molar-refractivity contribution in [2.45, 2.75) is 101 Å². The molecule has 2 aliphatic carbocycles. The predicted octanol–water partition coefficient (Wildman–Crippen LogP) is 8.46. The number of fused-ring (bicyclic) bond motifs is 2. The van der Waals surface area contributed by atoms with Gasteiger partial charge in [0.15, 0.2) is 0 Å². The van der Waals surface area contributed by atoms with E-state index in [0.29, 0.717) is 38.0 Å². The number of nitrogens with one attached hydrogen (secondary N) is 2. The zero-order valence-electron chi connectivity index (χ0n) is 30.3. The number of hydrogen-bond donors (Lipinski definition) is 2. The van der Waals surface area contributed by atoms with Gasteiger partial charge in [0.05, 0.1) is 0 Å². The molecule has 8 nitrogen and oxygen atoms in total. The van der Waals surface area contributed by atoms with E-state index in [2.05, 4.69) is 10.6 Å². The van der Waals surface area contributed by atoms with Gasteiger partial charge in [0.2, 0.25) is 0 Å². The molecule has 0 bridgehead atoms. The molecule has 2 unspecified atom stereocenters. The zero-order valence-corrected chi connectivity index (χ0v) is 30.3. The van der Waals surface area contributed by atoms with Crippen molar-refractivity contribution >= 4 is 33.5 Å². The van der Waals surface area contributed by atoms with Gasteiger partial charge in [-0.2, -0.15) is 0 Å². The molecular weight excluding hydrogens is 652 g/mol. The van der Waals surface area contributed by atoms with Crippen LogP contribution >= 0.6 is 0 Å². The van der Waals surface area contributed by atoms with E-state index in [1.54, 1.807) is 0 Å². The first-order valence-corrected chi connectivity index (χ1v) is 19.4. The Morgan fingerprint density at radius 3 is 1.40 bits per heavy atom. The topological polar surface area (TPSA) is 95.1 Å². The third-order valence-corrected chi connectivity index (χ3v) is 10.3. The molecule has 2 atom stereocenters. The maximum atomic E-state index is 13.1. The van der Waals surface area contributed by atoms with Gasteiger partial charge in [-0.05, 0) is 61.7 Å². The molecule has 0 amide bonds. The molecule has 4 aromatic rings. The van der Waals surface area contributed by atoms with Crippen molar-refractivity contribution in [1.29, 1.82) is 0 Å². The van der Waals surface area contributed by atoms with Crippen LogP contribution < -0.4 is 20.1 Å². The number of benzene rings is 4. The Morgan fingerprint density at radius 2 is 0.962 bits per heavy atom. The lowest BCUT2D eigenvalue weighted by molar-refractivity contribution is -0.147. The molecule has 0 radical (unpaired) electrons. The Hall–Kier alpha value is -4.40. The van der Waals surface area contributed by atoms with Crippen molar-refractivity contribution in [3.63, 3.8) is 0 Å². The molecule has 4 aromatic carbocycles. The molecule has 0 aromatic heterocycles. The standard InChI is InChI=1S/C44H54N2O6/c47-43(51-37(27-29-45-35-17-3-1-4-18-35)31-49-41-23-11-15-33-13-7-9-21-39(33)41)25-26-44(48)52-38(28-30-46-36-19-5-2-6-20-36)32-50-42-24-12-16-34-14-8-10-22-40(34)42/h7-16,21-26,35-38,45-46H,1-6,17-20,27-32H2/b26-25-. The highest BCUT2D eigenvalue weighted by Gasteiger charge is 2.20. The zero-order chi connectivity index (χ0) is 35.8. The number of ether oxygens (including phenoxy) is 4. The highest BCUT2D eigenvalue weighted by Crippen LogP contribution is 2.27. The van der Waals surface area contributed by atoms with E-state index in [1.165, 1.54) is 64.2 Å². The fourth-order valence-electron chi connectivity index (χ4n) is 7.41. The van der Waals surface area contributed by atoms with Gasteiger partial charge in [-0.25, -0.2) is 9.59 Å². The summed E-state index contributed by atoms with van der Waals surface area (Å²) in [5.74, 6) is 0.272. The van der Waals surface area contributed by atoms with Gasteiger partial charge in [0.25, 0.3) is 0 Å². The molecule has 276 valence electrons. The molecule has 8 heteroatoms. The van der Waals surface area contributed by atoms with E-state index in [1.807, 2.05) is 84.9 Å². The minimum absolute atomic E-state index is 0.200. The summed E-state index contributed by atoms with van der Waals surface area (Å²) in [5.41, 5.74) is 0. The van der Waals surface area contributed by atoms with Crippen LogP contribution in [-0.4, -0.2) is 62.5 Å². The fourth-order valence-corrected chi connectivity index (χ4v) is 7.41. The second-order valence-electron chi connectivity index (χ2n) is 14.2. The normalized spacial score (nSPS) is 16.8. The quantitative estimate of drug-likeness (QED) is 0.0787. The van der Waals surface area contributed by atoms with Crippen LogP contribution in [-0.2, 0) is 19.1 Å². The Morgan fingerprint density at radius 1 is 0.558 bits per heavy atom. The van der Waals surface area contributed by atoms with E-state index in [4.69, 9.17) is 18.9 Å². The van der Waals surface area contributed by atoms with E-state index >= 15 is 0 Å². The smallest absolute Gasteiger partial charge is 0.331 e. The second kappa shape index (κ2) is 20.0. The third kappa shape index (κ3) is 11.6. The molecule has 0 aliphatic heterocycles. The highest BCUT2D eigenvalue weighted by molar-refractivity contribution is 5.92. The summed E-state index contributed by atoms with van der Waals surface area (Å²) < 4.78 is 24.2. The van der Waals surface area contributed by atoms with Gasteiger partial charge >= 0.3 is 11.9 Å². The van der Waals surface area contributed by atoms with Crippen LogP contribution in [0.3, 0.4) is 0 Å². The van der Waals surface area contributed by atoms with Gasteiger partial charge in [0.1, 0.15) is 36.9 Å². The number of hydrogen-bond acceptors (Lipinski definition) is 8. The molecule has 0 heterocycles. The lowest BCUT2D eigenvalue weighted by atomic mass is 9.95. The monoisotopic (exact) mass is 706 g/mol. The summed E-state index contributed by atoms with van der Waals surface area (Å²) in [6.07, 6.45) is 14.7. The number of rotatable bonds is 18. The van der Waals surface area contributed by atoms with E-state index < -0.39 is 24.1 Å². The van der Waals surface area contributed by atoms with Crippen LogP contribution in [0.1, 0.15) is 77.0 Å². The van der Waals surface area contributed by atoms with E-state index in [0.717, 1.165) is 45.2 Å². The van der Waals surface area contributed by atoms with Gasteiger partial charge < -0.3 is 29.6 Å². The van der Waals surface area contributed by atoms with Gasteiger partial charge in [-0.15, -0.1) is 0 Å². The Bertz CT molecular complexity index is 1610. The largest absolute Gasteiger partial charge is 0.489 e. The van der Waals surface area contributed by atoms with E-state index in [-0.39, 0.29) is 13.2 Å². The molecule has 2 fully saturated rings. The average molecular weight is 707 g/mol. The number of carbonyl (C=O) groups excluding carboxylic acids is 2. The summed E-state index contributed by atoms with van der Waals surface area (Å²) >= 11 is 0. The predicted molar refractivity (Wildman–Crippen MR) is 207 cm³/mol. The first-order chi connectivity index (χ1) is 25.6. The van der Waals surface area contributed by atoms with Crippen LogP contribution in [0, 0.1) is 0 Å². The summed E-state index contributed by atoms with van der Waals surface area (Å²) in [6.45, 7) is 1.82. The molecular formula is C44H54N2O6. The van der Waals surface area contributed by atoms with Gasteiger partial charge in [0, 0.05) is 47.8 Å². The molecule has 6 rings (SSSR count). The van der Waals surface area contributed by atoms with Crippen molar-refractivity contribution in [1.82, 2.24) is 10.6 Å². The minimum Gasteiger partial charge on any atom is -0.489 e. The Kier molecular flexibility index (Phi) is 14.4. The second-order valence-corrected chi connectivity index (χ2v) is 14.2. The minimum atomic E-state index is -0.608. The Balaban J connectivity index is 1.05. The van der Waals surface area contributed by atoms with Crippen molar-refractivity contribution in [3.8, 4) is 11.5 Å². The van der Waals surface area contributed by atoms with Gasteiger partial charge in [-0.1, -0.05) is 111 Å². The summed E-state index contributed by atoms with van der Waals surface area (Å²) in [4.78, 5) is 26.2. The lowest BCUT2D eigenvalue weighted by Gasteiger charge is -2.24. The molecule has 2 saturated carbocycles. The van der Waals surface area contributed by atoms with Crippen LogP contribution in [0.2, 0.25) is 0 Å².